The maximum absolute atomic E-state index is 12.6. The Morgan fingerprint density at radius 1 is 1.29 bits per heavy atom. The van der Waals surface area contributed by atoms with Crippen molar-refractivity contribution >= 4 is 11.9 Å². The highest BCUT2D eigenvalue weighted by Gasteiger charge is 2.59. The number of hydrogen-bond donors (Lipinski definition) is 3. The van der Waals surface area contributed by atoms with Crippen LogP contribution in [0.25, 0.3) is 0 Å². The standard InChI is InChI=1S/C9H15F3N2O3/c1-4-7(2,13)5(15)14-8(3,6(16)17)9(10,11)12/h4,13H2,1-3H3,(H,14,15)(H,16,17). The number of amides is 1. The van der Waals surface area contributed by atoms with Gasteiger partial charge in [0.1, 0.15) is 0 Å². The van der Waals surface area contributed by atoms with Gasteiger partial charge in [-0.05, 0) is 20.3 Å². The van der Waals surface area contributed by atoms with Crippen LogP contribution in [0, 0.1) is 0 Å². The smallest absolute Gasteiger partial charge is 0.422 e. The van der Waals surface area contributed by atoms with Crippen molar-refractivity contribution in [1.29, 1.82) is 0 Å². The molecule has 0 aromatic heterocycles. The number of carboxylic acid groups (broad SMARTS) is 1. The Morgan fingerprint density at radius 3 is 1.94 bits per heavy atom. The zero-order valence-electron chi connectivity index (χ0n) is 9.68. The molecule has 0 saturated heterocycles. The zero-order valence-corrected chi connectivity index (χ0v) is 9.68. The van der Waals surface area contributed by atoms with Crippen LogP contribution in [0.4, 0.5) is 13.2 Å². The van der Waals surface area contributed by atoms with Gasteiger partial charge in [-0.15, -0.1) is 0 Å². The van der Waals surface area contributed by atoms with E-state index in [1.807, 2.05) is 0 Å². The van der Waals surface area contributed by atoms with Gasteiger partial charge >= 0.3 is 12.1 Å². The largest absolute Gasteiger partial charge is 0.479 e. The first-order valence-corrected chi connectivity index (χ1v) is 4.80. The number of carboxylic acids is 1. The summed E-state index contributed by atoms with van der Waals surface area (Å²) in [5.74, 6) is -3.35. The molecule has 0 aromatic carbocycles. The molecule has 0 aromatic rings. The number of carbonyl (C=O) groups excluding carboxylic acids is 1. The number of nitrogens with one attached hydrogen (secondary N) is 1. The molecule has 0 saturated carbocycles. The summed E-state index contributed by atoms with van der Waals surface area (Å²) in [4.78, 5) is 22.1. The molecule has 0 rings (SSSR count). The number of alkyl halides is 3. The summed E-state index contributed by atoms with van der Waals surface area (Å²) in [6, 6.07) is 0. The minimum absolute atomic E-state index is 0.0758. The highest BCUT2D eigenvalue weighted by molar-refractivity contribution is 5.92. The number of nitrogens with two attached hydrogens (primary N) is 1. The Balaban J connectivity index is 5.19. The molecule has 100 valence electrons. The van der Waals surface area contributed by atoms with Crippen LogP contribution in [-0.4, -0.2) is 34.2 Å². The quantitative estimate of drug-likeness (QED) is 0.688. The van der Waals surface area contributed by atoms with E-state index in [2.05, 4.69) is 0 Å². The third-order valence-corrected chi connectivity index (χ3v) is 2.61. The number of halogens is 3. The fraction of sp³-hybridized carbons (Fsp3) is 0.778. The molecule has 17 heavy (non-hydrogen) atoms. The van der Waals surface area contributed by atoms with Crippen molar-refractivity contribution in [2.45, 2.75) is 44.4 Å². The summed E-state index contributed by atoms with van der Waals surface area (Å²) in [6.45, 7) is 3.10. The normalized spacial score (nSPS) is 19.0. The predicted octanol–water partition coefficient (Wildman–Crippen LogP) is 0.636. The van der Waals surface area contributed by atoms with Crippen molar-refractivity contribution in [3.63, 3.8) is 0 Å². The van der Waals surface area contributed by atoms with Crippen molar-refractivity contribution in [3.05, 3.63) is 0 Å². The fourth-order valence-corrected chi connectivity index (χ4v) is 0.776. The topological polar surface area (TPSA) is 92.4 Å². The number of hydrogen-bond acceptors (Lipinski definition) is 3. The van der Waals surface area contributed by atoms with Gasteiger partial charge in [-0.2, -0.15) is 13.2 Å². The molecular weight excluding hydrogens is 241 g/mol. The lowest BCUT2D eigenvalue weighted by Gasteiger charge is -2.32. The minimum atomic E-state index is -5.11. The van der Waals surface area contributed by atoms with Crippen LogP contribution in [0.5, 0.6) is 0 Å². The van der Waals surface area contributed by atoms with Crippen molar-refractivity contribution in [1.82, 2.24) is 5.32 Å². The van der Waals surface area contributed by atoms with Crippen molar-refractivity contribution in [2.24, 2.45) is 5.73 Å². The van der Waals surface area contributed by atoms with Crippen molar-refractivity contribution in [2.75, 3.05) is 0 Å². The molecule has 8 heteroatoms. The van der Waals surface area contributed by atoms with Gasteiger partial charge in [0.05, 0.1) is 5.54 Å². The maximum Gasteiger partial charge on any atom is 0.422 e. The Labute approximate surface area is 96.2 Å². The van der Waals surface area contributed by atoms with E-state index in [0.29, 0.717) is 6.92 Å². The average molecular weight is 256 g/mol. The maximum atomic E-state index is 12.6. The van der Waals surface area contributed by atoms with Crippen LogP contribution in [0.3, 0.4) is 0 Å². The van der Waals surface area contributed by atoms with Gasteiger partial charge in [-0.1, -0.05) is 6.92 Å². The molecule has 2 unspecified atom stereocenters. The third kappa shape index (κ3) is 3.09. The van der Waals surface area contributed by atoms with Gasteiger partial charge in [0, 0.05) is 0 Å². The van der Waals surface area contributed by atoms with E-state index in [1.165, 1.54) is 19.2 Å². The van der Waals surface area contributed by atoms with Crippen LogP contribution in [0.2, 0.25) is 0 Å². The lowest BCUT2D eigenvalue weighted by atomic mass is 9.95. The van der Waals surface area contributed by atoms with Crippen LogP contribution in [0.1, 0.15) is 27.2 Å². The molecule has 0 spiro atoms. The second-order valence-corrected chi connectivity index (χ2v) is 4.15. The number of rotatable bonds is 4. The fourth-order valence-electron chi connectivity index (χ4n) is 0.776. The third-order valence-electron chi connectivity index (χ3n) is 2.61. The summed E-state index contributed by atoms with van der Waals surface area (Å²) >= 11 is 0. The van der Waals surface area contributed by atoms with Crippen LogP contribution >= 0.6 is 0 Å². The van der Waals surface area contributed by atoms with E-state index in [4.69, 9.17) is 10.8 Å². The van der Waals surface area contributed by atoms with Crippen molar-refractivity contribution in [3.8, 4) is 0 Å². The van der Waals surface area contributed by atoms with Crippen LogP contribution in [0.15, 0.2) is 0 Å². The Hall–Kier alpha value is -1.31. The van der Waals surface area contributed by atoms with Crippen molar-refractivity contribution < 1.29 is 27.9 Å². The summed E-state index contributed by atoms with van der Waals surface area (Å²) < 4.78 is 37.7. The summed E-state index contributed by atoms with van der Waals surface area (Å²) in [7, 11) is 0. The average Bonchev–Trinajstić information content (AvgIpc) is 2.15. The number of aliphatic carboxylic acids is 1. The first-order valence-electron chi connectivity index (χ1n) is 4.80. The summed E-state index contributed by atoms with van der Waals surface area (Å²) in [5, 5.41) is 10.0. The Morgan fingerprint density at radius 2 is 1.71 bits per heavy atom. The molecular formula is C9H15F3N2O3. The first kappa shape index (κ1) is 15.7. The molecule has 0 heterocycles. The lowest BCUT2D eigenvalue weighted by molar-refractivity contribution is -0.207. The van der Waals surface area contributed by atoms with Gasteiger partial charge in [0.2, 0.25) is 11.4 Å². The van der Waals surface area contributed by atoms with Gasteiger partial charge in [0.15, 0.2) is 0 Å². The van der Waals surface area contributed by atoms with E-state index >= 15 is 0 Å². The van der Waals surface area contributed by atoms with E-state index in [9.17, 15) is 22.8 Å². The zero-order chi connectivity index (χ0) is 14.1. The molecule has 0 bridgehead atoms. The molecule has 0 aliphatic carbocycles. The monoisotopic (exact) mass is 256 g/mol. The lowest BCUT2D eigenvalue weighted by Crippen LogP contribution is -2.66. The van der Waals surface area contributed by atoms with Crippen LogP contribution < -0.4 is 11.1 Å². The van der Waals surface area contributed by atoms with Gasteiger partial charge in [-0.3, -0.25) is 4.79 Å². The summed E-state index contributed by atoms with van der Waals surface area (Å²) in [6.07, 6.45) is -5.04. The van der Waals surface area contributed by atoms with Gasteiger partial charge < -0.3 is 16.2 Å². The second-order valence-electron chi connectivity index (χ2n) is 4.15. The molecule has 0 fully saturated rings. The molecule has 0 aliphatic rings. The predicted molar refractivity (Wildman–Crippen MR) is 53.1 cm³/mol. The second kappa shape index (κ2) is 4.52. The van der Waals surface area contributed by atoms with E-state index in [0.717, 1.165) is 0 Å². The molecule has 4 N–H and O–H groups in total. The minimum Gasteiger partial charge on any atom is -0.479 e. The number of carbonyl (C=O) groups is 2. The molecule has 5 nitrogen and oxygen atoms in total. The highest BCUT2D eigenvalue weighted by atomic mass is 19.4. The Kier molecular flexibility index (Phi) is 4.17. The van der Waals surface area contributed by atoms with E-state index < -0.39 is 29.1 Å². The van der Waals surface area contributed by atoms with E-state index in [-0.39, 0.29) is 6.42 Å². The molecule has 0 aliphatic heterocycles. The molecule has 2 atom stereocenters. The summed E-state index contributed by atoms with van der Waals surface area (Å²) in [5.41, 5.74) is 0.537. The van der Waals surface area contributed by atoms with Crippen LogP contribution in [-0.2, 0) is 9.59 Å². The van der Waals surface area contributed by atoms with Gasteiger partial charge in [0.25, 0.3) is 0 Å². The Bertz CT molecular complexity index is 328. The molecule has 0 radical (unpaired) electrons. The van der Waals surface area contributed by atoms with E-state index in [1.54, 1.807) is 0 Å². The first-order chi connectivity index (χ1) is 7.38. The van der Waals surface area contributed by atoms with Gasteiger partial charge in [-0.25, -0.2) is 4.79 Å². The SMILES string of the molecule is CCC(C)(N)C(=O)NC(C)(C(=O)O)C(F)(F)F. The molecule has 1 amide bonds. The highest BCUT2D eigenvalue weighted by Crippen LogP contribution is 2.30.